The number of halogens is 2. The normalized spacial score (nSPS) is 11.7. The molecule has 0 fully saturated rings. The first-order valence-corrected chi connectivity index (χ1v) is 9.63. The summed E-state index contributed by atoms with van der Waals surface area (Å²) >= 11 is 14.3. The van der Waals surface area contributed by atoms with Crippen molar-refractivity contribution in [3.05, 3.63) is 75.0 Å². The fourth-order valence-corrected chi connectivity index (χ4v) is 4.20. The molecule has 0 aliphatic carbocycles. The number of thiazole rings is 1. The Labute approximate surface area is 169 Å². The largest absolute Gasteiger partial charge is 0.235 e. The van der Waals surface area contributed by atoms with Gasteiger partial charge in [0.25, 0.3) is 0 Å². The summed E-state index contributed by atoms with van der Waals surface area (Å²) in [5, 5.41) is 15.8. The molecular formula is C20H12Cl2N4S. The van der Waals surface area contributed by atoms with Crippen molar-refractivity contribution in [3.63, 3.8) is 0 Å². The van der Waals surface area contributed by atoms with Crippen LogP contribution in [0.5, 0.6) is 0 Å². The number of nitriles is 1. The van der Waals surface area contributed by atoms with E-state index in [-0.39, 0.29) is 0 Å². The number of rotatable bonds is 3. The molecule has 0 saturated carbocycles. The van der Waals surface area contributed by atoms with Crippen LogP contribution in [0.15, 0.2) is 48.5 Å². The molecule has 0 amide bonds. The monoisotopic (exact) mass is 410 g/mol. The number of fused-ring (bicyclic) bond motifs is 1. The molecule has 27 heavy (non-hydrogen) atoms. The topological polar surface area (TPSA) is 54.5 Å². The predicted molar refractivity (Wildman–Crippen MR) is 111 cm³/mol. The molecule has 0 atom stereocenters. The summed E-state index contributed by atoms with van der Waals surface area (Å²) in [5.74, 6) is 0. The third-order valence-corrected chi connectivity index (χ3v) is 5.82. The minimum atomic E-state index is 0.398. The smallest absolute Gasteiger partial charge is 0.140 e. The highest BCUT2D eigenvalue weighted by Crippen LogP contribution is 2.32. The highest BCUT2D eigenvalue weighted by Gasteiger charge is 2.17. The Hall–Kier alpha value is -2.65. The van der Waals surface area contributed by atoms with Crippen LogP contribution in [0.25, 0.3) is 27.6 Å². The molecule has 4 rings (SSSR count). The molecular weight excluding hydrogens is 399 g/mol. The number of nitrogens with zero attached hydrogens (tertiary/aromatic N) is 4. The van der Waals surface area contributed by atoms with E-state index in [0.717, 1.165) is 10.2 Å². The first kappa shape index (κ1) is 17.7. The minimum absolute atomic E-state index is 0.398. The number of para-hydroxylation sites is 2. The van der Waals surface area contributed by atoms with E-state index in [1.807, 2.05) is 49.4 Å². The Morgan fingerprint density at radius 2 is 1.89 bits per heavy atom. The van der Waals surface area contributed by atoms with Gasteiger partial charge < -0.3 is 0 Å². The van der Waals surface area contributed by atoms with E-state index >= 15 is 0 Å². The molecule has 0 aliphatic rings. The van der Waals surface area contributed by atoms with Gasteiger partial charge in [-0.3, -0.25) is 0 Å². The quantitative estimate of drug-likeness (QED) is 0.379. The van der Waals surface area contributed by atoms with Gasteiger partial charge in [0.1, 0.15) is 16.2 Å². The van der Waals surface area contributed by atoms with Gasteiger partial charge in [-0.15, -0.1) is 11.3 Å². The van der Waals surface area contributed by atoms with Crippen LogP contribution < -0.4 is 0 Å². The fourth-order valence-electron chi connectivity index (χ4n) is 2.73. The van der Waals surface area contributed by atoms with Crippen molar-refractivity contribution in [2.24, 2.45) is 0 Å². The van der Waals surface area contributed by atoms with Crippen molar-refractivity contribution in [2.75, 3.05) is 0 Å². The van der Waals surface area contributed by atoms with Crippen molar-refractivity contribution < 1.29 is 0 Å². The average Bonchev–Trinajstić information content (AvgIpc) is 3.22. The van der Waals surface area contributed by atoms with Crippen molar-refractivity contribution in [3.8, 4) is 11.8 Å². The first-order valence-electron chi connectivity index (χ1n) is 8.06. The van der Waals surface area contributed by atoms with Crippen LogP contribution in [-0.4, -0.2) is 14.8 Å². The summed E-state index contributed by atoms with van der Waals surface area (Å²) < 4.78 is 2.61. The van der Waals surface area contributed by atoms with Crippen molar-refractivity contribution >= 4 is 56.4 Å². The summed E-state index contributed by atoms with van der Waals surface area (Å²) in [7, 11) is 0. The SMILES string of the molecule is Cc1nn(-c2ccccc2Cl)c(Cl)c1/C=C(\C#N)c1nc2ccccc2s1. The molecule has 2 aromatic carbocycles. The second-order valence-corrected chi connectivity index (χ2v) is 7.61. The molecule has 2 heterocycles. The second-order valence-electron chi connectivity index (χ2n) is 5.81. The summed E-state index contributed by atoms with van der Waals surface area (Å²) in [4.78, 5) is 4.55. The fraction of sp³-hybridized carbons (Fsp3) is 0.0500. The zero-order valence-electron chi connectivity index (χ0n) is 14.1. The van der Waals surface area contributed by atoms with E-state index in [9.17, 15) is 5.26 Å². The zero-order chi connectivity index (χ0) is 19.0. The maximum Gasteiger partial charge on any atom is 0.140 e. The molecule has 0 bridgehead atoms. The highest BCUT2D eigenvalue weighted by atomic mass is 35.5. The third kappa shape index (κ3) is 3.24. The van der Waals surface area contributed by atoms with Gasteiger partial charge in [0.2, 0.25) is 0 Å². The molecule has 0 N–H and O–H groups in total. The lowest BCUT2D eigenvalue weighted by molar-refractivity contribution is 0.863. The van der Waals surface area contributed by atoms with Gasteiger partial charge in [-0.1, -0.05) is 47.5 Å². The first-order chi connectivity index (χ1) is 13.1. The molecule has 132 valence electrons. The molecule has 0 spiro atoms. The van der Waals surface area contributed by atoms with E-state index in [2.05, 4.69) is 16.2 Å². The maximum absolute atomic E-state index is 9.67. The maximum atomic E-state index is 9.67. The summed E-state index contributed by atoms with van der Waals surface area (Å²) in [6.45, 7) is 1.85. The zero-order valence-corrected chi connectivity index (χ0v) is 16.5. The second kappa shape index (κ2) is 7.16. The van der Waals surface area contributed by atoms with Crippen LogP contribution >= 0.6 is 34.5 Å². The Morgan fingerprint density at radius 3 is 2.63 bits per heavy atom. The van der Waals surface area contributed by atoms with Crippen molar-refractivity contribution in [1.82, 2.24) is 14.8 Å². The molecule has 0 saturated heterocycles. The molecule has 0 radical (unpaired) electrons. The number of benzene rings is 2. The van der Waals surface area contributed by atoms with E-state index in [1.54, 1.807) is 16.8 Å². The molecule has 4 nitrogen and oxygen atoms in total. The highest BCUT2D eigenvalue weighted by molar-refractivity contribution is 7.19. The lowest BCUT2D eigenvalue weighted by Crippen LogP contribution is -1.97. The minimum Gasteiger partial charge on any atom is -0.235 e. The van der Waals surface area contributed by atoms with E-state index < -0.39 is 0 Å². The van der Waals surface area contributed by atoms with Crippen LogP contribution in [0.2, 0.25) is 10.2 Å². The van der Waals surface area contributed by atoms with Crippen LogP contribution in [0.4, 0.5) is 0 Å². The van der Waals surface area contributed by atoms with Gasteiger partial charge >= 0.3 is 0 Å². The molecule has 0 unspecified atom stereocenters. The number of hydrogen-bond donors (Lipinski definition) is 0. The summed E-state index contributed by atoms with van der Waals surface area (Å²) in [6.07, 6.45) is 1.73. The van der Waals surface area contributed by atoms with Crippen molar-refractivity contribution in [2.45, 2.75) is 6.92 Å². The van der Waals surface area contributed by atoms with Gasteiger partial charge in [0.05, 0.1) is 32.2 Å². The Bertz CT molecular complexity index is 1200. The van der Waals surface area contributed by atoms with E-state index in [0.29, 0.717) is 37.7 Å². The Kier molecular flexibility index (Phi) is 4.71. The van der Waals surface area contributed by atoms with Gasteiger partial charge in [-0.05, 0) is 37.3 Å². The lowest BCUT2D eigenvalue weighted by Gasteiger charge is -2.05. The van der Waals surface area contributed by atoms with Crippen molar-refractivity contribution in [1.29, 1.82) is 5.26 Å². The van der Waals surface area contributed by atoms with Gasteiger partial charge in [0, 0.05) is 5.56 Å². The third-order valence-electron chi connectivity index (χ3n) is 4.06. The van der Waals surface area contributed by atoms with E-state index in [1.165, 1.54) is 11.3 Å². The number of allylic oxidation sites excluding steroid dienone is 1. The lowest BCUT2D eigenvalue weighted by atomic mass is 10.2. The number of aromatic nitrogens is 3. The van der Waals surface area contributed by atoms with Crippen LogP contribution in [-0.2, 0) is 0 Å². The van der Waals surface area contributed by atoms with Gasteiger partial charge in [0.15, 0.2) is 0 Å². The Balaban J connectivity index is 1.83. The van der Waals surface area contributed by atoms with E-state index in [4.69, 9.17) is 23.2 Å². The predicted octanol–water partition coefficient (Wildman–Crippen LogP) is 6.16. The standard InChI is InChI=1S/C20H12Cl2N4S/c1-12-14(19(22)26(25-12)17-8-4-2-6-15(17)21)10-13(11-23)20-24-16-7-3-5-9-18(16)27-20/h2-10H,1H3/b13-10+. The molecule has 4 aromatic rings. The van der Waals surface area contributed by atoms with Crippen LogP contribution in [0.1, 0.15) is 16.3 Å². The van der Waals surface area contributed by atoms with Crippen LogP contribution in [0.3, 0.4) is 0 Å². The molecule has 0 aliphatic heterocycles. The summed E-state index contributed by atoms with van der Waals surface area (Å²) in [6, 6.07) is 17.4. The van der Waals surface area contributed by atoms with Crippen LogP contribution in [0, 0.1) is 18.3 Å². The van der Waals surface area contributed by atoms with Gasteiger partial charge in [-0.2, -0.15) is 10.4 Å². The molecule has 2 aromatic heterocycles. The number of aryl methyl sites for hydroxylation is 1. The number of hydrogen-bond acceptors (Lipinski definition) is 4. The Morgan fingerprint density at radius 1 is 1.15 bits per heavy atom. The average molecular weight is 411 g/mol. The summed E-state index contributed by atoms with van der Waals surface area (Å²) in [5.41, 5.74) is 3.37. The van der Waals surface area contributed by atoms with Gasteiger partial charge in [-0.25, -0.2) is 9.67 Å². The molecule has 7 heteroatoms.